The molecular weight excluding hydrogens is 244 g/mol. The maximum Gasteiger partial charge on any atom is 0.142 e. The van der Waals surface area contributed by atoms with Crippen LogP contribution in [0, 0.1) is 0 Å². The highest BCUT2D eigenvalue weighted by Crippen LogP contribution is 2.30. The number of nitrogens with zero attached hydrogens (tertiary/aromatic N) is 1. The number of hydrogen-bond donors (Lipinski definition) is 1. The maximum atomic E-state index is 5.50. The van der Waals surface area contributed by atoms with Crippen molar-refractivity contribution in [3.63, 3.8) is 0 Å². The highest BCUT2D eigenvalue weighted by Gasteiger charge is 2.07. The van der Waals surface area contributed by atoms with E-state index >= 15 is 0 Å². The van der Waals surface area contributed by atoms with Crippen LogP contribution in [0.15, 0.2) is 22.7 Å². The molecule has 0 unspecified atom stereocenters. The molecule has 0 aliphatic rings. The number of halogens is 1. The Morgan fingerprint density at radius 1 is 1.50 bits per heavy atom. The van der Waals surface area contributed by atoms with E-state index in [4.69, 9.17) is 10.5 Å². The van der Waals surface area contributed by atoms with Gasteiger partial charge >= 0.3 is 0 Å². The van der Waals surface area contributed by atoms with Gasteiger partial charge in [-0.1, -0.05) is 15.9 Å². The molecule has 0 radical (unpaired) electrons. The van der Waals surface area contributed by atoms with E-state index in [0.717, 1.165) is 22.5 Å². The molecular formula is C10H15BrN2O. The fourth-order valence-electron chi connectivity index (χ4n) is 1.28. The topological polar surface area (TPSA) is 38.5 Å². The zero-order valence-electron chi connectivity index (χ0n) is 8.46. The fraction of sp³-hybridized carbons (Fsp3) is 0.400. The second-order valence-electron chi connectivity index (χ2n) is 3.03. The first-order valence-corrected chi connectivity index (χ1v) is 5.23. The molecule has 4 heteroatoms. The van der Waals surface area contributed by atoms with Gasteiger partial charge in [-0.3, -0.25) is 0 Å². The van der Waals surface area contributed by atoms with E-state index in [9.17, 15) is 0 Å². The predicted molar refractivity (Wildman–Crippen MR) is 63.0 cm³/mol. The van der Waals surface area contributed by atoms with Gasteiger partial charge in [0.1, 0.15) is 5.75 Å². The molecule has 0 spiro atoms. The number of hydrogen-bond acceptors (Lipinski definition) is 3. The summed E-state index contributed by atoms with van der Waals surface area (Å²) in [7, 11) is 3.67. The Labute approximate surface area is 93.0 Å². The van der Waals surface area contributed by atoms with Crippen LogP contribution in [0.4, 0.5) is 5.69 Å². The van der Waals surface area contributed by atoms with Gasteiger partial charge in [0.2, 0.25) is 0 Å². The van der Waals surface area contributed by atoms with Crippen LogP contribution < -0.4 is 15.4 Å². The summed E-state index contributed by atoms with van der Waals surface area (Å²) < 4.78 is 6.30. The number of methoxy groups -OCH3 is 1. The quantitative estimate of drug-likeness (QED) is 0.896. The lowest BCUT2D eigenvalue weighted by atomic mass is 10.2. The zero-order chi connectivity index (χ0) is 10.6. The Morgan fingerprint density at radius 2 is 2.21 bits per heavy atom. The smallest absolute Gasteiger partial charge is 0.142 e. The van der Waals surface area contributed by atoms with E-state index in [0.29, 0.717) is 6.54 Å². The molecule has 14 heavy (non-hydrogen) atoms. The standard InChI is InChI=1S/C10H15BrN2O/c1-13(6-5-12)9-7-8(11)3-4-10(9)14-2/h3-4,7H,5-6,12H2,1-2H3. The summed E-state index contributed by atoms with van der Waals surface area (Å²) in [5.41, 5.74) is 6.55. The normalized spacial score (nSPS) is 10.0. The summed E-state index contributed by atoms with van der Waals surface area (Å²) in [6, 6.07) is 5.92. The number of likely N-dealkylation sites (N-methyl/N-ethyl adjacent to an activating group) is 1. The van der Waals surface area contributed by atoms with Gasteiger partial charge in [0.05, 0.1) is 12.8 Å². The van der Waals surface area contributed by atoms with Gasteiger partial charge in [0, 0.05) is 24.6 Å². The molecule has 0 bridgehead atoms. The van der Waals surface area contributed by atoms with Crippen LogP contribution in [0.2, 0.25) is 0 Å². The Morgan fingerprint density at radius 3 is 2.79 bits per heavy atom. The summed E-state index contributed by atoms with van der Waals surface area (Å²) in [4.78, 5) is 2.07. The largest absolute Gasteiger partial charge is 0.495 e. The minimum atomic E-state index is 0.631. The predicted octanol–water partition coefficient (Wildman–Crippen LogP) is 1.85. The average Bonchev–Trinajstić information content (AvgIpc) is 2.18. The third-order valence-electron chi connectivity index (χ3n) is 2.02. The average molecular weight is 259 g/mol. The van der Waals surface area contributed by atoms with E-state index in [1.165, 1.54) is 0 Å². The first-order valence-electron chi connectivity index (χ1n) is 4.43. The van der Waals surface area contributed by atoms with E-state index in [1.807, 2.05) is 25.2 Å². The van der Waals surface area contributed by atoms with Gasteiger partial charge in [0.15, 0.2) is 0 Å². The lowest BCUT2D eigenvalue weighted by molar-refractivity contribution is 0.415. The third kappa shape index (κ3) is 2.62. The molecule has 0 aromatic heterocycles. The first-order chi connectivity index (χ1) is 6.69. The highest BCUT2D eigenvalue weighted by molar-refractivity contribution is 9.10. The summed E-state index contributed by atoms with van der Waals surface area (Å²) in [6.07, 6.45) is 0. The minimum absolute atomic E-state index is 0.631. The van der Waals surface area contributed by atoms with Crippen molar-refractivity contribution in [1.82, 2.24) is 0 Å². The molecule has 2 N–H and O–H groups in total. The van der Waals surface area contributed by atoms with Gasteiger partial charge in [0.25, 0.3) is 0 Å². The molecule has 3 nitrogen and oxygen atoms in total. The van der Waals surface area contributed by atoms with Crippen LogP contribution in [-0.2, 0) is 0 Å². The first kappa shape index (κ1) is 11.3. The van der Waals surface area contributed by atoms with E-state index < -0.39 is 0 Å². The Kier molecular flexibility index (Phi) is 4.22. The summed E-state index contributed by atoms with van der Waals surface area (Å²) in [6.45, 7) is 1.44. The number of ether oxygens (including phenoxy) is 1. The number of benzene rings is 1. The molecule has 1 aromatic rings. The molecule has 0 aliphatic heterocycles. The second kappa shape index (κ2) is 5.22. The van der Waals surface area contributed by atoms with Gasteiger partial charge in [-0.2, -0.15) is 0 Å². The SMILES string of the molecule is COc1ccc(Br)cc1N(C)CCN. The van der Waals surface area contributed by atoms with Crippen molar-refractivity contribution in [3.8, 4) is 5.75 Å². The summed E-state index contributed by atoms with van der Waals surface area (Å²) in [5.74, 6) is 0.865. The molecule has 0 saturated carbocycles. The van der Waals surface area contributed by atoms with Crippen molar-refractivity contribution >= 4 is 21.6 Å². The molecule has 0 heterocycles. The van der Waals surface area contributed by atoms with Gasteiger partial charge < -0.3 is 15.4 Å². The van der Waals surface area contributed by atoms with Crippen LogP contribution in [0.1, 0.15) is 0 Å². The summed E-state index contributed by atoms with van der Waals surface area (Å²) in [5, 5.41) is 0. The van der Waals surface area contributed by atoms with Crippen LogP contribution in [-0.4, -0.2) is 27.2 Å². The lowest BCUT2D eigenvalue weighted by Gasteiger charge is -2.21. The number of nitrogens with two attached hydrogens (primary N) is 1. The number of rotatable bonds is 4. The van der Waals surface area contributed by atoms with Crippen molar-refractivity contribution in [3.05, 3.63) is 22.7 Å². The molecule has 0 fully saturated rings. The Bertz CT molecular complexity index is 304. The molecule has 78 valence electrons. The molecule has 0 atom stereocenters. The summed E-state index contributed by atoms with van der Waals surface area (Å²) >= 11 is 3.43. The molecule has 1 rings (SSSR count). The fourth-order valence-corrected chi connectivity index (χ4v) is 1.62. The van der Waals surface area contributed by atoms with Crippen molar-refractivity contribution in [2.75, 3.05) is 32.1 Å². The van der Waals surface area contributed by atoms with Gasteiger partial charge in [-0.05, 0) is 18.2 Å². The van der Waals surface area contributed by atoms with Crippen molar-refractivity contribution in [1.29, 1.82) is 0 Å². The molecule has 0 amide bonds. The van der Waals surface area contributed by atoms with Crippen LogP contribution in [0.25, 0.3) is 0 Å². The highest BCUT2D eigenvalue weighted by atomic mass is 79.9. The van der Waals surface area contributed by atoms with Crippen LogP contribution in [0.3, 0.4) is 0 Å². The number of anilines is 1. The van der Waals surface area contributed by atoms with Gasteiger partial charge in [-0.25, -0.2) is 0 Å². The second-order valence-corrected chi connectivity index (χ2v) is 3.94. The Hall–Kier alpha value is -0.740. The maximum absolute atomic E-state index is 5.50. The van der Waals surface area contributed by atoms with Crippen molar-refractivity contribution in [2.45, 2.75) is 0 Å². The molecule has 0 saturated heterocycles. The van der Waals surface area contributed by atoms with Crippen molar-refractivity contribution < 1.29 is 4.74 Å². The third-order valence-corrected chi connectivity index (χ3v) is 2.51. The molecule has 1 aromatic carbocycles. The van der Waals surface area contributed by atoms with Gasteiger partial charge in [-0.15, -0.1) is 0 Å². The van der Waals surface area contributed by atoms with E-state index in [1.54, 1.807) is 7.11 Å². The minimum Gasteiger partial charge on any atom is -0.495 e. The van der Waals surface area contributed by atoms with E-state index in [2.05, 4.69) is 20.8 Å². The van der Waals surface area contributed by atoms with Crippen LogP contribution in [0.5, 0.6) is 5.75 Å². The lowest BCUT2D eigenvalue weighted by Crippen LogP contribution is -2.25. The molecule has 0 aliphatic carbocycles. The monoisotopic (exact) mass is 258 g/mol. The van der Waals surface area contributed by atoms with Crippen LogP contribution >= 0.6 is 15.9 Å². The Balaban J connectivity index is 2.97. The zero-order valence-corrected chi connectivity index (χ0v) is 10.0. The van der Waals surface area contributed by atoms with Crippen molar-refractivity contribution in [2.24, 2.45) is 5.73 Å². The van der Waals surface area contributed by atoms with E-state index in [-0.39, 0.29) is 0 Å².